The third kappa shape index (κ3) is 5.06. The van der Waals surface area contributed by atoms with E-state index in [0.717, 1.165) is 4.90 Å². The summed E-state index contributed by atoms with van der Waals surface area (Å²) >= 11 is 0. The topological polar surface area (TPSA) is 118 Å². The highest BCUT2D eigenvalue weighted by Gasteiger charge is 2.31. The minimum Gasteiger partial charge on any atom is -0.497 e. The number of benzene rings is 3. The largest absolute Gasteiger partial charge is 0.497 e. The van der Waals surface area contributed by atoms with Gasteiger partial charge in [-0.25, -0.2) is 9.88 Å². The molecular weight excluding hydrogens is 508 g/mol. The first-order valence-corrected chi connectivity index (χ1v) is 12.3. The summed E-state index contributed by atoms with van der Waals surface area (Å²) in [4.78, 5) is 33.6. The van der Waals surface area contributed by atoms with Crippen molar-refractivity contribution >= 4 is 34.2 Å². The number of furan rings is 1. The number of nitriles is 1. The van der Waals surface area contributed by atoms with Crippen molar-refractivity contribution in [3.8, 4) is 17.6 Å². The predicted molar refractivity (Wildman–Crippen MR) is 150 cm³/mol. The van der Waals surface area contributed by atoms with Gasteiger partial charge >= 0.3 is 0 Å². The summed E-state index contributed by atoms with van der Waals surface area (Å²) in [6, 6.07) is 25.6. The van der Waals surface area contributed by atoms with Crippen molar-refractivity contribution in [3.05, 3.63) is 114 Å². The summed E-state index contributed by atoms with van der Waals surface area (Å²) in [5.41, 5.74) is 1.38. The second-order valence-electron chi connectivity index (χ2n) is 8.65. The first-order chi connectivity index (χ1) is 19.5. The maximum Gasteiger partial charge on any atom is 0.266 e. The van der Waals surface area contributed by atoms with Gasteiger partial charge in [-0.15, -0.1) is 0 Å². The van der Waals surface area contributed by atoms with E-state index >= 15 is 0 Å². The van der Waals surface area contributed by atoms with Crippen LogP contribution in [0.5, 0.6) is 11.5 Å². The summed E-state index contributed by atoms with van der Waals surface area (Å²) in [6.07, 6.45) is 1.56. The summed E-state index contributed by atoms with van der Waals surface area (Å²) in [5.74, 6) is 0.349. The molecule has 0 aliphatic carbocycles. The van der Waals surface area contributed by atoms with Gasteiger partial charge in [0.25, 0.3) is 11.8 Å². The number of carbonyl (C=O) groups is 2. The summed E-state index contributed by atoms with van der Waals surface area (Å²) in [6.45, 7) is 0.272. The fraction of sp³-hybridized carbons (Fsp3) is 0.0968. The molecule has 0 saturated heterocycles. The summed E-state index contributed by atoms with van der Waals surface area (Å²) in [5, 5.41) is 14.3. The van der Waals surface area contributed by atoms with Crippen molar-refractivity contribution in [1.29, 1.82) is 5.26 Å². The molecule has 9 heteroatoms. The standard InChI is InChI=1S/C31H24N4O5/c1-38-22-13-9-20(10-14-22)30(36)35(31(37)21-11-15-23(39-2)16-12-21)29-26(18-32)28(33-19-24-6-5-17-40-24)25-7-3-4-8-27(25)34-29/h3-17H,19H2,1-2H3,(H,33,34). The lowest BCUT2D eigenvalue weighted by Gasteiger charge is -2.23. The number of fused-ring (bicyclic) bond motifs is 1. The SMILES string of the molecule is COc1ccc(C(=O)N(C(=O)c2ccc(OC)cc2)c2nc3ccccc3c(NCc3ccco3)c2C#N)cc1. The smallest absolute Gasteiger partial charge is 0.266 e. The van der Waals surface area contributed by atoms with Crippen LogP contribution < -0.4 is 19.7 Å². The van der Waals surface area contributed by atoms with Crippen molar-refractivity contribution in [1.82, 2.24) is 4.98 Å². The monoisotopic (exact) mass is 532 g/mol. The number of rotatable bonds is 8. The number of imide groups is 1. The van der Waals surface area contributed by atoms with Gasteiger partial charge in [-0.1, -0.05) is 18.2 Å². The lowest BCUT2D eigenvalue weighted by molar-refractivity contribution is 0.0896. The molecular formula is C31H24N4O5. The highest BCUT2D eigenvalue weighted by atomic mass is 16.5. The molecule has 0 radical (unpaired) electrons. The normalized spacial score (nSPS) is 10.5. The lowest BCUT2D eigenvalue weighted by Crippen LogP contribution is -2.38. The van der Waals surface area contributed by atoms with Crippen molar-refractivity contribution in [2.24, 2.45) is 0 Å². The van der Waals surface area contributed by atoms with E-state index < -0.39 is 11.8 Å². The number of carbonyl (C=O) groups excluding carboxylic acids is 2. The first-order valence-electron chi connectivity index (χ1n) is 12.3. The molecule has 0 atom stereocenters. The van der Waals surface area contributed by atoms with Crippen LogP contribution in [0.25, 0.3) is 10.9 Å². The molecule has 5 aromatic rings. The zero-order chi connectivity index (χ0) is 28.1. The Hall–Kier alpha value is -5.62. The highest BCUT2D eigenvalue weighted by Crippen LogP contribution is 2.35. The third-order valence-corrected chi connectivity index (χ3v) is 6.30. The molecule has 2 amide bonds. The maximum absolute atomic E-state index is 14.0. The Labute approximate surface area is 230 Å². The number of amides is 2. The van der Waals surface area contributed by atoms with E-state index in [1.807, 2.05) is 12.1 Å². The van der Waals surface area contributed by atoms with E-state index in [-0.39, 0.29) is 29.1 Å². The Bertz CT molecular complexity index is 1650. The molecule has 5 rings (SSSR count). The van der Waals surface area contributed by atoms with E-state index in [9.17, 15) is 14.9 Å². The van der Waals surface area contributed by atoms with Gasteiger partial charge in [0, 0.05) is 16.5 Å². The Balaban J connectivity index is 1.69. The number of nitrogens with one attached hydrogen (secondary N) is 1. The van der Waals surface area contributed by atoms with Crippen LogP contribution in [0.15, 0.2) is 95.6 Å². The first kappa shape index (κ1) is 26.0. The second kappa shape index (κ2) is 11.4. The van der Waals surface area contributed by atoms with Crippen LogP contribution in [0.3, 0.4) is 0 Å². The van der Waals surface area contributed by atoms with Crippen molar-refractivity contribution in [2.75, 3.05) is 24.4 Å². The molecule has 9 nitrogen and oxygen atoms in total. The molecule has 0 saturated carbocycles. The van der Waals surface area contributed by atoms with Gasteiger partial charge in [-0.3, -0.25) is 9.59 Å². The number of aromatic nitrogens is 1. The minimum atomic E-state index is -0.653. The Morgan fingerprint density at radius 3 is 2.00 bits per heavy atom. The molecule has 0 unspecified atom stereocenters. The Morgan fingerprint density at radius 2 is 1.48 bits per heavy atom. The van der Waals surface area contributed by atoms with Gasteiger partial charge in [-0.05, 0) is 66.7 Å². The van der Waals surface area contributed by atoms with Gasteiger partial charge in [0.15, 0.2) is 5.82 Å². The molecule has 2 heterocycles. The second-order valence-corrected chi connectivity index (χ2v) is 8.65. The van der Waals surface area contributed by atoms with Gasteiger partial charge in [0.2, 0.25) is 0 Å². The number of anilines is 2. The Morgan fingerprint density at radius 1 is 0.875 bits per heavy atom. The van der Waals surface area contributed by atoms with E-state index in [1.165, 1.54) is 14.2 Å². The summed E-state index contributed by atoms with van der Waals surface area (Å²) in [7, 11) is 3.04. The van der Waals surface area contributed by atoms with Crippen molar-refractivity contribution in [2.45, 2.75) is 6.54 Å². The molecule has 0 spiro atoms. The molecule has 0 fully saturated rings. The molecule has 3 aromatic carbocycles. The van der Waals surface area contributed by atoms with Gasteiger partial charge in [0.05, 0.1) is 38.2 Å². The fourth-order valence-corrected chi connectivity index (χ4v) is 4.25. The van der Waals surface area contributed by atoms with Crippen LogP contribution >= 0.6 is 0 Å². The van der Waals surface area contributed by atoms with Gasteiger partial charge < -0.3 is 19.2 Å². The van der Waals surface area contributed by atoms with Gasteiger partial charge in [-0.2, -0.15) is 5.26 Å². The van der Waals surface area contributed by atoms with Gasteiger partial charge in [0.1, 0.15) is 28.9 Å². The van der Waals surface area contributed by atoms with Crippen LogP contribution in [-0.2, 0) is 6.54 Å². The van der Waals surface area contributed by atoms with E-state index in [2.05, 4.69) is 16.4 Å². The van der Waals surface area contributed by atoms with Crippen LogP contribution in [-0.4, -0.2) is 31.0 Å². The zero-order valence-electron chi connectivity index (χ0n) is 21.8. The average molecular weight is 533 g/mol. The molecule has 198 valence electrons. The number of hydrogen-bond donors (Lipinski definition) is 1. The molecule has 2 aromatic heterocycles. The molecule has 1 N–H and O–H groups in total. The van der Waals surface area contributed by atoms with E-state index in [1.54, 1.807) is 79.1 Å². The van der Waals surface area contributed by atoms with Crippen LogP contribution in [0.4, 0.5) is 11.5 Å². The quantitative estimate of drug-likeness (QED) is 0.249. The zero-order valence-corrected chi connectivity index (χ0v) is 21.8. The minimum absolute atomic E-state index is 0.0361. The number of ether oxygens (including phenoxy) is 2. The highest BCUT2D eigenvalue weighted by molar-refractivity contribution is 6.26. The fourth-order valence-electron chi connectivity index (χ4n) is 4.25. The van der Waals surface area contributed by atoms with Crippen molar-refractivity contribution in [3.63, 3.8) is 0 Å². The van der Waals surface area contributed by atoms with Crippen molar-refractivity contribution < 1.29 is 23.5 Å². The summed E-state index contributed by atoms with van der Waals surface area (Å²) < 4.78 is 15.9. The number of pyridine rings is 1. The average Bonchev–Trinajstić information content (AvgIpc) is 3.53. The van der Waals surface area contributed by atoms with Crippen LogP contribution in [0, 0.1) is 11.3 Å². The predicted octanol–water partition coefficient (Wildman–Crippen LogP) is 5.82. The van der Waals surface area contributed by atoms with Crippen LogP contribution in [0.1, 0.15) is 32.0 Å². The number of nitrogens with zero attached hydrogens (tertiary/aromatic N) is 3. The van der Waals surface area contributed by atoms with E-state index in [4.69, 9.17) is 13.9 Å². The maximum atomic E-state index is 14.0. The van der Waals surface area contributed by atoms with E-state index in [0.29, 0.717) is 33.8 Å². The number of hydrogen-bond acceptors (Lipinski definition) is 8. The molecule has 0 aliphatic rings. The third-order valence-electron chi connectivity index (χ3n) is 6.30. The molecule has 0 bridgehead atoms. The molecule has 40 heavy (non-hydrogen) atoms. The number of para-hydroxylation sites is 1. The van der Waals surface area contributed by atoms with Crippen LogP contribution in [0.2, 0.25) is 0 Å². The number of methoxy groups -OCH3 is 2. The Kier molecular flexibility index (Phi) is 7.42. The lowest BCUT2D eigenvalue weighted by atomic mass is 10.1. The molecule has 0 aliphatic heterocycles.